The maximum atomic E-state index is 4.51. The standard InChI is InChI=1S/C16H31N3/c1-6-8-19-9-7-18-16(19)10-14(4)15(5)12-17-11-13(2)3/h7,9,13-15,17H,6,8,10-12H2,1-5H3. The summed E-state index contributed by atoms with van der Waals surface area (Å²) in [5.41, 5.74) is 0. The van der Waals surface area contributed by atoms with E-state index in [2.05, 4.69) is 55.7 Å². The Labute approximate surface area is 118 Å². The zero-order valence-corrected chi connectivity index (χ0v) is 13.3. The van der Waals surface area contributed by atoms with E-state index < -0.39 is 0 Å². The molecule has 0 spiro atoms. The first-order valence-corrected chi connectivity index (χ1v) is 7.75. The predicted molar refractivity (Wildman–Crippen MR) is 82.3 cm³/mol. The van der Waals surface area contributed by atoms with E-state index >= 15 is 0 Å². The molecule has 2 unspecified atom stereocenters. The first-order valence-electron chi connectivity index (χ1n) is 7.75. The Bertz CT molecular complexity index is 344. The summed E-state index contributed by atoms with van der Waals surface area (Å²) in [5, 5.41) is 3.56. The molecule has 0 aliphatic rings. The molecule has 3 nitrogen and oxygen atoms in total. The molecule has 0 bridgehead atoms. The van der Waals surface area contributed by atoms with E-state index in [4.69, 9.17) is 0 Å². The van der Waals surface area contributed by atoms with E-state index in [1.165, 1.54) is 12.2 Å². The number of aryl methyl sites for hydroxylation is 1. The van der Waals surface area contributed by atoms with Gasteiger partial charge in [0.05, 0.1) is 0 Å². The number of aromatic nitrogens is 2. The molecule has 0 fully saturated rings. The second-order valence-electron chi connectivity index (χ2n) is 6.25. The number of rotatable bonds is 9. The number of nitrogens with zero attached hydrogens (tertiary/aromatic N) is 2. The molecule has 1 aromatic rings. The molecule has 110 valence electrons. The van der Waals surface area contributed by atoms with Gasteiger partial charge in [-0.3, -0.25) is 0 Å². The minimum absolute atomic E-state index is 0.665. The van der Waals surface area contributed by atoms with Crippen molar-refractivity contribution in [2.75, 3.05) is 13.1 Å². The second kappa shape index (κ2) is 8.36. The van der Waals surface area contributed by atoms with E-state index in [0.717, 1.165) is 32.0 Å². The van der Waals surface area contributed by atoms with Crippen LogP contribution in [0.2, 0.25) is 0 Å². The van der Waals surface area contributed by atoms with E-state index in [1.807, 2.05) is 6.20 Å². The smallest absolute Gasteiger partial charge is 0.108 e. The molecule has 0 amide bonds. The fraction of sp³-hybridized carbons (Fsp3) is 0.812. The van der Waals surface area contributed by atoms with Crippen molar-refractivity contribution in [2.45, 2.75) is 54.0 Å². The van der Waals surface area contributed by atoms with Gasteiger partial charge in [-0.05, 0) is 37.3 Å². The fourth-order valence-corrected chi connectivity index (χ4v) is 2.26. The minimum Gasteiger partial charge on any atom is -0.335 e. The van der Waals surface area contributed by atoms with Gasteiger partial charge in [0.1, 0.15) is 5.82 Å². The Morgan fingerprint density at radius 2 is 1.89 bits per heavy atom. The lowest BCUT2D eigenvalue weighted by molar-refractivity contribution is 0.349. The summed E-state index contributed by atoms with van der Waals surface area (Å²) in [6.45, 7) is 14.7. The van der Waals surface area contributed by atoms with Crippen molar-refractivity contribution in [3.8, 4) is 0 Å². The molecule has 0 saturated carbocycles. The Morgan fingerprint density at radius 1 is 1.16 bits per heavy atom. The van der Waals surface area contributed by atoms with Gasteiger partial charge < -0.3 is 9.88 Å². The van der Waals surface area contributed by atoms with Crippen molar-refractivity contribution < 1.29 is 0 Å². The molecule has 0 saturated heterocycles. The third-order valence-electron chi connectivity index (χ3n) is 3.76. The van der Waals surface area contributed by atoms with Crippen LogP contribution in [0.1, 0.15) is 46.9 Å². The van der Waals surface area contributed by atoms with Gasteiger partial charge in [-0.25, -0.2) is 4.98 Å². The monoisotopic (exact) mass is 265 g/mol. The summed E-state index contributed by atoms with van der Waals surface area (Å²) in [7, 11) is 0. The average molecular weight is 265 g/mol. The number of imidazole rings is 1. The van der Waals surface area contributed by atoms with E-state index in [-0.39, 0.29) is 0 Å². The summed E-state index contributed by atoms with van der Waals surface area (Å²) in [6.07, 6.45) is 6.29. The van der Waals surface area contributed by atoms with E-state index in [1.54, 1.807) is 0 Å². The molecular formula is C16H31N3. The van der Waals surface area contributed by atoms with Crippen LogP contribution >= 0.6 is 0 Å². The van der Waals surface area contributed by atoms with Crippen LogP contribution in [-0.4, -0.2) is 22.6 Å². The molecule has 1 heterocycles. The number of hydrogen-bond acceptors (Lipinski definition) is 2. The predicted octanol–water partition coefficient (Wildman–Crippen LogP) is 3.35. The van der Waals surface area contributed by atoms with Gasteiger partial charge in [0, 0.05) is 25.4 Å². The SMILES string of the molecule is CCCn1ccnc1CC(C)C(C)CNCC(C)C. The van der Waals surface area contributed by atoms with Crippen molar-refractivity contribution >= 4 is 0 Å². The van der Waals surface area contributed by atoms with Crippen LogP contribution < -0.4 is 5.32 Å². The summed E-state index contributed by atoms with van der Waals surface area (Å²) in [5.74, 6) is 3.32. The summed E-state index contributed by atoms with van der Waals surface area (Å²) in [6, 6.07) is 0. The van der Waals surface area contributed by atoms with E-state index in [0.29, 0.717) is 11.8 Å². The topological polar surface area (TPSA) is 29.9 Å². The Hall–Kier alpha value is -0.830. The average Bonchev–Trinajstić information content (AvgIpc) is 2.76. The Kier molecular flexibility index (Phi) is 7.14. The molecule has 0 radical (unpaired) electrons. The minimum atomic E-state index is 0.665. The molecular weight excluding hydrogens is 234 g/mol. The van der Waals surface area contributed by atoms with Crippen molar-refractivity contribution in [3.63, 3.8) is 0 Å². The van der Waals surface area contributed by atoms with Crippen molar-refractivity contribution in [1.29, 1.82) is 0 Å². The van der Waals surface area contributed by atoms with Gasteiger partial charge in [-0.2, -0.15) is 0 Å². The Morgan fingerprint density at radius 3 is 2.53 bits per heavy atom. The number of hydrogen-bond donors (Lipinski definition) is 1. The molecule has 3 heteroatoms. The highest BCUT2D eigenvalue weighted by Crippen LogP contribution is 2.16. The maximum Gasteiger partial charge on any atom is 0.108 e. The molecule has 0 aliphatic heterocycles. The lowest BCUT2D eigenvalue weighted by atomic mass is 9.92. The van der Waals surface area contributed by atoms with Crippen LogP contribution in [0.25, 0.3) is 0 Å². The quantitative estimate of drug-likeness (QED) is 0.742. The molecule has 1 rings (SSSR count). The van der Waals surface area contributed by atoms with E-state index in [9.17, 15) is 0 Å². The van der Waals surface area contributed by atoms with Gasteiger partial charge >= 0.3 is 0 Å². The highest BCUT2D eigenvalue weighted by Gasteiger charge is 2.15. The normalized spacial score (nSPS) is 14.8. The molecule has 1 aromatic heterocycles. The highest BCUT2D eigenvalue weighted by atomic mass is 15.1. The van der Waals surface area contributed by atoms with Crippen molar-refractivity contribution in [2.24, 2.45) is 17.8 Å². The maximum absolute atomic E-state index is 4.51. The van der Waals surface area contributed by atoms with Gasteiger partial charge in [0.2, 0.25) is 0 Å². The van der Waals surface area contributed by atoms with Crippen LogP contribution in [-0.2, 0) is 13.0 Å². The summed E-state index contributed by atoms with van der Waals surface area (Å²) in [4.78, 5) is 4.51. The van der Waals surface area contributed by atoms with Crippen LogP contribution in [0.15, 0.2) is 12.4 Å². The summed E-state index contributed by atoms with van der Waals surface area (Å²) < 4.78 is 2.30. The fourth-order valence-electron chi connectivity index (χ4n) is 2.26. The lowest BCUT2D eigenvalue weighted by Gasteiger charge is -2.21. The van der Waals surface area contributed by atoms with Crippen LogP contribution in [0.5, 0.6) is 0 Å². The molecule has 19 heavy (non-hydrogen) atoms. The molecule has 2 atom stereocenters. The third kappa shape index (κ3) is 5.77. The second-order valence-corrected chi connectivity index (χ2v) is 6.25. The van der Waals surface area contributed by atoms with Gasteiger partial charge in [0.15, 0.2) is 0 Å². The zero-order chi connectivity index (χ0) is 14.3. The molecule has 0 aromatic carbocycles. The Balaban J connectivity index is 2.40. The largest absolute Gasteiger partial charge is 0.335 e. The number of nitrogens with one attached hydrogen (secondary N) is 1. The lowest BCUT2D eigenvalue weighted by Crippen LogP contribution is -2.29. The first kappa shape index (κ1) is 16.2. The van der Waals surface area contributed by atoms with Crippen molar-refractivity contribution in [3.05, 3.63) is 18.2 Å². The molecule has 1 N–H and O–H groups in total. The van der Waals surface area contributed by atoms with Crippen molar-refractivity contribution in [1.82, 2.24) is 14.9 Å². The van der Waals surface area contributed by atoms with Gasteiger partial charge in [-0.1, -0.05) is 34.6 Å². The van der Waals surface area contributed by atoms with Crippen LogP contribution in [0.4, 0.5) is 0 Å². The highest BCUT2D eigenvalue weighted by molar-refractivity contribution is 4.94. The van der Waals surface area contributed by atoms with Crippen LogP contribution in [0, 0.1) is 17.8 Å². The zero-order valence-electron chi connectivity index (χ0n) is 13.3. The summed E-state index contributed by atoms with van der Waals surface area (Å²) >= 11 is 0. The first-order chi connectivity index (χ1) is 9.04. The van der Waals surface area contributed by atoms with Gasteiger partial charge in [-0.15, -0.1) is 0 Å². The molecule has 0 aliphatic carbocycles. The van der Waals surface area contributed by atoms with Gasteiger partial charge in [0.25, 0.3) is 0 Å². The van der Waals surface area contributed by atoms with Crippen LogP contribution in [0.3, 0.4) is 0 Å². The third-order valence-corrected chi connectivity index (χ3v) is 3.76.